The Labute approximate surface area is 142 Å². The molecule has 0 saturated heterocycles. The van der Waals surface area contributed by atoms with Crippen LogP contribution in [0.4, 0.5) is 11.4 Å². The minimum Gasteiger partial charge on any atom is -0.484 e. The highest BCUT2D eigenvalue weighted by Gasteiger charge is 2.07. The van der Waals surface area contributed by atoms with E-state index in [9.17, 15) is 9.59 Å². The van der Waals surface area contributed by atoms with Gasteiger partial charge < -0.3 is 15.4 Å². The summed E-state index contributed by atoms with van der Waals surface area (Å²) >= 11 is 0. The second-order valence-electron chi connectivity index (χ2n) is 5.55. The Bertz CT molecular complexity index is 724. The van der Waals surface area contributed by atoms with Crippen LogP contribution in [-0.2, 0) is 16.0 Å². The SMILES string of the molecule is CCc1ccc(OCC(=O)Nc2ccc(C)c(NC(C)=O)c2)cc1. The zero-order valence-corrected chi connectivity index (χ0v) is 14.2. The number of hydrogen-bond donors (Lipinski definition) is 2. The third-order valence-electron chi connectivity index (χ3n) is 3.53. The van der Waals surface area contributed by atoms with Crippen molar-refractivity contribution in [2.75, 3.05) is 17.2 Å². The predicted octanol–water partition coefficient (Wildman–Crippen LogP) is 3.53. The monoisotopic (exact) mass is 326 g/mol. The maximum absolute atomic E-state index is 12.0. The van der Waals surface area contributed by atoms with Gasteiger partial charge >= 0.3 is 0 Å². The topological polar surface area (TPSA) is 67.4 Å². The highest BCUT2D eigenvalue weighted by molar-refractivity contribution is 5.94. The highest BCUT2D eigenvalue weighted by atomic mass is 16.5. The Kier molecular flexibility index (Phi) is 5.95. The summed E-state index contributed by atoms with van der Waals surface area (Å²) in [6, 6.07) is 13.0. The summed E-state index contributed by atoms with van der Waals surface area (Å²) in [5, 5.41) is 5.49. The van der Waals surface area contributed by atoms with Gasteiger partial charge in [-0.05, 0) is 48.7 Å². The quantitative estimate of drug-likeness (QED) is 0.853. The van der Waals surface area contributed by atoms with Gasteiger partial charge in [-0.1, -0.05) is 25.1 Å². The van der Waals surface area contributed by atoms with Crippen molar-refractivity contribution < 1.29 is 14.3 Å². The molecule has 24 heavy (non-hydrogen) atoms. The molecule has 126 valence electrons. The van der Waals surface area contributed by atoms with E-state index in [1.54, 1.807) is 12.1 Å². The third kappa shape index (κ3) is 5.12. The van der Waals surface area contributed by atoms with Crippen LogP contribution >= 0.6 is 0 Å². The molecule has 0 aliphatic carbocycles. The summed E-state index contributed by atoms with van der Waals surface area (Å²) in [5.41, 5.74) is 3.43. The molecule has 0 bridgehead atoms. The van der Waals surface area contributed by atoms with Crippen molar-refractivity contribution in [3.05, 3.63) is 53.6 Å². The molecular formula is C19H22N2O3. The van der Waals surface area contributed by atoms with Crippen molar-refractivity contribution >= 4 is 23.2 Å². The van der Waals surface area contributed by atoms with Gasteiger partial charge in [0.15, 0.2) is 6.61 Å². The largest absolute Gasteiger partial charge is 0.484 e. The molecule has 5 nitrogen and oxygen atoms in total. The predicted molar refractivity (Wildman–Crippen MR) is 95.4 cm³/mol. The zero-order chi connectivity index (χ0) is 17.5. The average molecular weight is 326 g/mol. The molecule has 0 aliphatic rings. The Morgan fingerprint density at radius 3 is 2.38 bits per heavy atom. The van der Waals surface area contributed by atoms with Crippen LogP contribution in [0, 0.1) is 6.92 Å². The number of hydrogen-bond acceptors (Lipinski definition) is 3. The Balaban J connectivity index is 1.92. The maximum Gasteiger partial charge on any atom is 0.262 e. The van der Waals surface area contributed by atoms with Gasteiger partial charge in [0.25, 0.3) is 5.91 Å². The number of carbonyl (C=O) groups is 2. The Morgan fingerprint density at radius 2 is 1.75 bits per heavy atom. The fourth-order valence-corrected chi connectivity index (χ4v) is 2.19. The molecule has 2 aromatic rings. The second kappa shape index (κ2) is 8.15. The number of amides is 2. The van der Waals surface area contributed by atoms with E-state index in [2.05, 4.69) is 17.6 Å². The molecule has 0 spiro atoms. The first-order chi connectivity index (χ1) is 11.5. The van der Waals surface area contributed by atoms with Crippen molar-refractivity contribution in [3.63, 3.8) is 0 Å². The van der Waals surface area contributed by atoms with E-state index >= 15 is 0 Å². The van der Waals surface area contributed by atoms with Gasteiger partial charge in [-0.3, -0.25) is 9.59 Å². The molecule has 2 amide bonds. The number of rotatable bonds is 6. The normalized spacial score (nSPS) is 10.1. The molecule has 2 rings (SSSR count). The molecule has 0 aromatic heterocycles. The van der Waals surface area contributed by atoms with E-state index in [-0.39, 0.29) is 18.4 Å². The van der Waals surface area contributed by atoms with Crippen molar-refractivity contribution in [2.24, 2.45) is 0 Å². The van der Waals surface area contributed by atoms with E-state index in [0.29, 0.717) is 17.1 Å². The molecule has 0 fully saturated rings. The van der Waals surface area contributed by atoms with Crippen molar-refractivity contribution in [1.29, 1.82) is 0 Å². The molecule has 2 aromatic carbocycles. The Morgan fingerprint density at radius 1 is 1.04 bits per heavy atom. The van der Waals surface area contributed by atoms with Crippen molar-refractivity contribution in [2.45, 2.75) is 27.2 Å². The molecule has 0 aliphatic heterocycles. The van der Waals surface area contributed by atoms with Crippen LogP contribution in [0.1, 0.15) is 25.0 Å². The van der Waals surface area contributed by atoms with Gasteiger partial charge in [0.05, 0.1) is 0 Å². The molecule has 0 unspecified atom stereocenters. The minimum atomic E-state index is -0.257. The first kappa shape index (κ1) is 17.5. The zero-order valence-electron chi connectivity index (χ0n) is 14.2. The van der Waals surface area contributed by atoms with Crippen molar-refractivity contribution in [1.82, 2.24) is 0 Å². The van der Waals surface area contributed by atoms with Crippen molar-refractivity contribution in [3.8, 4) is 5.75 Å². The number of benzene rings is 2. The van der Waals surface area contributed by atoms with Gasteiger partial charge in [-0.25, -0.2) is 0 Å². The first-order valence-corrected chi connectivity index (χ1v) is 7.87. The lowest BCUT2D eigenvalue weighted by Gasteiger charge is -2.11. The molecule has 0 radical (unpaired) electrons. The number of aryl methyl sites for hydroxylation is 2. The van der Waals surface area contributed by atoms with E-state index in [1.807, 2.05) is 37.3 Å². The minimum absolute atomic E-state index is 0.0746. The summed E-state index contributed by atoms with van der Waals surface area (Å²) in [6.07, 6.45) is 0.963. The van der Waals surface area contributed by atoms with Gasteiger partial charge in [-0.2, -0.15) is 0 Å². The fourth-order valence-electron chi connectivity index (χ4n) is 2.19. The van der Waals surface area contributed by atoms with Crippen LogP contribution in [0.3, 0.4) is 0 Å². The number of nitrogens with one attached hydrogen (secondary N) is 2. The molecular weight excluding hydrogens is 304 g/mol. The smallest absolute Gasteiger partial charge is 0.262 e. The molecule has 0 heterocycles. The van der Waals surface area contributed by atoms with Crippen LogP contribution in [0.2, 0.25) is 0 Å². The summed E-state index contributed by atoms with van der Waals surface area (Å²) < 4.78 is 5.48. The molecule has 2 N–H and O–H groups in total. The lowest BCUT2D eigenvalue weighted by atomic mass is 10.1. The van der Waals surface area contributed by atoms with Gasteiger partial charge in [0, 0.05) is 18.3 Å². The maximum atomic E-state index is 12.0. The number of ether oxygens (including phenoxy) is 1. The summed E-state index contributed by atoms with van der Waals surface area (Å²) in [6.45, 7) is 5.34. The Hall–Kier alpha value is -2.82. The van der Waals surface area contributed by atoms with Crippen LogP contribution in [0.15, 0.2) is 42.5 Å². The molecule has 0 saturated carbocycles. The fraction of sp³-hybridized carbons (Fsp3) is 0.263. The summed E-state index contributed by atoms with van der Waals surface area (Å²) in [4.78, 5) is 23.2. The average Bonchev–Trinajstić information content (AvgIpc) is 2.56. The second-order valence-corrected chi connectivity index (χ2v) is 5.55. The number of carbonyl (C=O) groups excluding carboxylic acids is 2. The lowest BCUT2D eigenvalue weighted by molar-refractivity contribution is -0.118. The number of anilines is 2. The lowest BCUT2D eigenvalue weighted by Crippen LogP contribution is -2.20. The van der Waals surface area contributed by atoms with E-state index < -0.39 is 0 Å². The third-order valence-corrected chi connectivity index (χ3v) is 3.53. The van der Waals surface area contributed by atoms with E-state index in [0.717, 1.165) is 12.0 Å². The van der Waals surface area contributed by atoms with Gasteiger partial charge in [0.1, 0.15) is 5.75 Å². The van der Waals surface area contributed by atoms with Crippen LogP contribution in [-0.4, -0.2) is 18.4 Å². The van der Waals surface area contributed by atoms with Crippen LogP contribution in [0.25, 0.3) is 0 Å². The molecule has 5 heteroatoms. The highest BCUT2D eigenvalue weighted by Crippen LogP contribution is 2.20. The van der Waals surface area contributed by atoms with E-state index in [1.165, 1.54) is 12.5 Å². The first-order valence-electron chi connectivity index (χ1n) is 7.87. The van der Waals surface area contributed by atoms with Gasteiger partial charge in [0.2, 0.25) is 5.91 Å². The summed E-state index contributed by atoms with van der Waals surface area (Å²) in [5.74, 6) is 0.248. The van der Waals surface area contributed by atoms with Crippen LogP contribution in [0.5, 0.6) is 5.75 Å². The molecule has 0 atom stereocenters. The summed E-state index contributed by atoms with van der Waals surface area (Å²) in [7, 11) is 0. The van der Waals surface area contributed by atoms with Crippen LogP contribution < -0.4 is 15.4 Å². The van der Waals surface area contributed by atoms with E-state index in [4.69, 9.17) is 4.74 Å². The van der Waals surface area contributed by atoms with Gasteiger partial charge in [-0.15, -0.1) is 0 Å². The standard InChI is InChI=1S/C19H22N2O3/c1-4-15-6-9-17(10-7-15)24-12-19(23)21-16-8-5-13(2)18(11-16)20-14(3)22/h5-11H,4,12H2,1-3H3,(H,20,22)(H,21,23).